The standard InChI is InChI=1S/C19H23FN2S/c1-4-18(15-7-5-14(6-8-15)13(2)3)22-19(23)21-17-11-9-16(20)10-12-17/h5-13,18H,4H2,1-3H3,(H2,21,22,23). The van der Waals surface area contributed by atoms with Crippen LogP contribution in [0.2, 0.25) is 0 Å². The van der Waals surface area contributed by atoms with Crippen molar-refractivity contribution >= 4 is 23.0 Å². The van der Waals surface area contributed by atoms with Gasteiger partial charge in [-0.25, -0.2) is 4.39 Å². The first-order valence-electron chi connectivity index (χ1n) is 7.92. The van der Waals surface area contributed by atoms with E-state index in [-0.39, 0.29) is 11.9 Å². The number of thiocarbonyl (C=S) groups is 1. The third-order valence-corrected chi connectivity index (χ3v) is 4.04. The lowest BCUT2D eigenvalue weighted by Crippen LogP contribution is -2.32. The molecule has 0 saturated carbocycles. The molecule has 2 N–H and O–H groups in total. The maximum atomic E-state index is 12.9. The molecule has 2 nitrogen and oxygen atoms in total. The van der Waals surface area contributed by atoms with Crippen LogP contribution in [0.3, 0.4) is 0 Å². The molecule has 0 radical (unpaired) electrons. The summed E-state index contributed by atoms with van der Waals surface area (Å²) in [5.41, 5.74) is 3.31. The van der Waals surface area contributed by atoms with Gasteiger partial charge in [0.05, 0.1) is 6.04 Å². The van der Waals surface area contributed by atoms with Crippen LogP contribution < -0.4 is 10.6 Å². The van der Waals surface area contributed by atoms with E-state index in [9.17, 15) is 4.39 Å². The number of rotatable bonds is 5. The molecule has 0 aliphatic rings. The number of benzene rings is 2. The zero-order valence-electron chi connectivity index (χ0n) is 13.8. The molecule has 0 aromatic heterocycles. The average Bonchev–Trinajstić information content (AvgIpc) is 2.55. The smallest absolute Gasteiger partial charge is 0.171 e. The molecule has 0 saturated heterocycles. The molecule has 0 amide bonds. The first kappa shape index (κ1) is 17.4. The van der Waals surface area contributed by atoms with Crippen LogP contribution in [0.1, 0.15) is 50.3 Å². The van der Waals surface area contributed by atoms with Gasteiger partial charge in [-0.2, -0.15) is 0 Å². The highest BCUT2D eigenvalue weighted by molar-refractivity contribution is 7.80. The molecule has 122 valence electrons. The Hall–Kier alpha value is -1.94. The summed E-state index contributed by atoms with van der Waals surface area (Å²) in [7, 11) is 0. The molecule has 0 spiro atoms. The number of hydrogen-bond acceptors (Lipinski definition) is 1. The second kappa shape index (κ2) is 8.06. The van der Waals surface area contributed by atoms with Gasteiger partial charge < -0.3 is 10.6 Å². The topological polar surface area (TPSA) is 24.1 Å². The van der Waals surface area contributed by atoms with E-state index in [0.29, 0.717) is 11.0 Å². The van der Waals surface area contributed by atoms with Gasteiger partial charge in [0.1, 0.15) is 5.82 Å². The van der Waals surface area contributed by atoms with Gasteiger partial charge in [0, 0.05) is 5.69 Å². The summed E-state index contributed by atoms with van der Waals surface area (Å²) >= 11 is 5.36. The van der Waals surface area contributed by atoms with Crippen molar-refractivity contribution in [3.8, 4) is 0 Å². The minimum Gasteiger partial charge on any atom is -0.356 e. The second-order valence-corrected chi connectivity index (χ2v) is 6.30. The van der Waals surface area contributed by atoms with E-state index in [0.717, 1.165) is 12.1 Å². The fourth-order valence-electron chi connectivity index (χ4n) is 2.39. The maximum absolute atomic E-state index is 12.9. The lowest BCUT2D eigenvalue weighted by molar-refractivity contribution is 0.627. The predicted molar refractivity (Wildman–Crippen MR) is 99.3 cm³/mol. The van der Waals surface area contributed by atoms with E-state index < -0.39 is 0 Å². The minimum atomic E-state index is -0.258. The molecule has 2 aromatic rings. The fourth-order valence-corrected chi connectivity index (χ4v) is 2.65. The summed E-state index contributed by atoms with van der Waals surface area (Å²) < 4.78 is 12.9. The largest absolute Gasteiger partial charge is 0.356 e. The number of anilines is 1. The summed E-state index contributed by atoms with van der Waals surface area (Å²) in [5.74, 6) is 0.268. The summed E-state index contributed by atoms with van der Waals surface area (Å²) in [6.45, 7) is 6.49. The van der Waals surface area contributed by atoms with Gasteiger partial charge >= 0.3 is 0 Å². The van der Waals surface area contributed by atoms with Crippen LogP contribution in [0.4, 0.5) is 10.1 Å². The molecule has 0 fully saturated rings. The van der Waals surface area contributed by atoms with E-state index in [1.165, 1.54) is 23.3 Å². The van der Waals surface area contributed by atoms with Crippen LogP contribution >= 0.6 is 12.2 Å². The molecule has 1 unspecified atom stereocenters. The first-order valence-corrected chi connectivity index (χ1v) is 8.33. The van der Waals surface area contributed by atoms with Gasteiger partial charge in [0.2, 0.25) is 0 Å². The predicted octanol–water partition coefficient (Wildman–Crippen LogP) is 5.39. The van der Waals surface area contributed by atoms with Gasteiger partial charge in [0.15, 0.2) is 5.11 Å². The molecule has 1 atom stereocenters. The van der Waals surface area contributed by atoms with Crippen molar-refractivity contribution in [2.75, 3.05) is 5.32 Å². The van der Waals surface area contributed by atoms with Crippen molar-refractivity contribution in [2.24, 2.45) is 0 Å². The summed E-state index contributed by atoms with van der Waals surface area (Å²) in [4.78, 5) is 0. The van der Waals surface area contributed by atoms with Crippen molar-refractivity contribution in [2.45, 2.75) is 39.2 Å². The van der Waals surface area contributed by atoms with Gasteiger partial charge in [-0.1, -0.05) is 45.0 Å². The van der Waals surface area contributed by atoms with Gasteiger partial charge in [-0.15, -0.1) is 0 Å². The molecule has 4 heteroatoms. The second-order valence-electron chi connectivity index (χ2n) is 5.89. The van der Waals surface area contributed by atoms with Gasteiger partial charge in [0.25, 0.3) is 0 Å². The number of nitrogens with one attached hydrogen (secondary N) is 2. The molecule has 0 aliphatic carbocycles. The lowest BCUT2D eigenvalue weighted by atomic mass is 9.98. The summed E-state index contributed by atoms with van der Waals surface area (Å²) in [5, 5.41) is 6.95. The van der Waals surface area contributed by atoms with Crippen LogP contribution in [0.25, 0.3) is 0 Å². The summed E-state index contributed by atoms with van der Waals surface area (Å²) in [6.07, 6.45) is 0.923. The van der Waals surface area contributed by atoms with Crippen molar-refractivity contribution in [3.05, 3.63) is 65.5 Å². The molecule has 2 rings (SSSR count). The first-order chi connectivity index (χ1) is 11.0. The van der Waals surface area contributed by atoms with E-state index in [4.69, 9.17) is 12.2 Å². The Bertz CT molecular complexity index is 635. The highest BCUT2D eigenvalue weighted by Gasteiger charge is 2.11. The molecule has 0 aliphatic heterocycles. The van der Waals surface area contributed by atoms with E-state index >= 15 is 0 Å². The van der Waals surface area contributed by atoms with Crippen molar-refractivity contribution in [1.82, 2.24) is 5.32 Å². The van der Waals surface area contributed by atoms with Crippen LogP contribution in [-0.4, -0.2) is 5.11 Å². The highest BCUT2D eigenvalue weighted by Crippen LogP contribution is 2.21. The third-order valence-electron chi connectivity index (χ3n) is 3.82. The number of hydrogen-bond donors (Lipinski definition) is 2. The van der Waals surface area contributed by atoms with E-state index in [2.05, 4.69) is 55.7 Å². The summed E-state index contributed by atoms with van der Waals surface area (Å²) in [6, 6.07) is 14.9. The molecule has 0 bridgehead atoms. The molecule has 0 heterocycles. The Morgan fingerprint density at radius 2 is 1.57 bits per heavy atom. The highest BCUT2D eigenvalue weighted by atomic mass is 32.1. The quantitative estimate of drug-likeness (QED) is 0.719. The van der Waals surface area contributed by atoms with Crippen molar-refractivity contribution < 1.29 is 4.39 Å². The van der Waals surface area contributed by atoms with E-state index in [1.807, 2.05) is 0 Å². The van der Waals surface area contributed by atoms with Crippen LogP contribution in [-0.2, 0) is 0 Å². The van der Waals surface area contributed by atoms with Crippen molar-refractivity contribution in [3.63, 3.8) is 0 Å². The molecular weight excluding hydrogens is 307 g/mol. The SMILES string of the molecule is CCC(NC(=S)Nc1ccc(F)cc1)c1ccc(C(C)C)cc1. The van der Waals surface area contributed by atoms with Crippen LogP contribution in [0.5, 0.6) is 0 Å². The van der Waals surface area contributed by atoms with Gasteiger partial charge in [-0.3, -0.25) is 0 Å². The maximum Gasteiger partial charge on any atom is 0.171 e. The minimum absolute atomic E-state index is 0.150. The van der Waals surface area contributed by atoms with Gasteiger partial charge in [-0.05, 0) is 59.9 Å². The van der Waals surface area contributed by atoms with Crippen LogP contribution in [0.15, 0.2) is 48.5 Å². The molecule has 23 heavy (non-hydrogen) atoms. The molecule has 2 aromatic carbocycles. The van der Waals surface area contributed by atoms with E-state index in [1.54, 1.807) is 12.1 Å². The fraction of sp³-hybridized carbons (Fsp3) is 0.316. The Labute approximate surface area is 143 Å². The Balaban J connectivity index is 2.00. The monoisotopic (exact) mass is 330 g/mol. The van der Waals surface area contributed by atoms with Crippen LogP contribution in [0, 0.1) is 5.82 Å². The Morgan fingerprint density at radius 1 is 1.00 bits per heavy atom. The van der Waals surface area contributed by atoms with Crippen molar-refractivity contribution in [1.29, 1.82) is 0 Å². The average molecular weight is 330 g/mol. The third kappa shape index (κ3) is 5.03. The lowest BCUT2D eigenvalue weighted by Gasteiger charge is -2.20. The zero-order valence-corrected chi connectivity index (χ0v) is 14.6. The zero-order chi connectivity index (χ0) is 16.8. The molecular formula is C19H23FN2S. The Morgan fingerprint density at radius 3 is 2.09 bits per heavy atom. The Kier molecular flexibility index (Phi) is 6.11. The normalized spacial score (nSPS) is 12.0. The number of halogens is 1.